The van der Waals surface area contributed by atoms with Crippen molar-refractivity contribution in [1.29, 1.82) is 0 Å². The van der Waals surface area contributed by atoms with Crippen molar-refractivity contribution >= 4 is 22.5 Å². The fourth-order valence-corrected chi connectivity index (χ4v) is 1.91. The van der Waals surface area contributed by atoms with Crippen molar-refractivity contribution in [3.63, 3.8) is 0 Å². The van der Waals surface area contributed by atoms with Crippen molar-refractivity contribution in [3.8, 4) is 5.75 Å². The summed E-state index contributed by atoms with van der Waals surface area (Å²) >= 11 is 5.98. The molecule has 1 heterocycles. The molecule has 5 nitrogen and oxygen atoms in total. The molecule has 20 heavy (non-hydrogen) atoms. The first kappa shape index (κ1) is 16.7. The molecule has 2 aromatic rings. The van der Waals surface area contributed by atoms with Crippen LogP contribution in [0.15, 0.2) is 24.4 Å². The zero-order chi connectivity index (χ0) is 15.0. The number of aliphatic hydroxyl groups excluding tert-OH is 2. The molecule has 0 aliphatic rings. The van der Waals surface area contributed by atoms with Gasteiger partial charge in [-0.15, -0.1) is 0 Å². The molecule has 0 fully saturated rings. The summed E-state index contributed by atoms with van der Waals surface area (Å²) in [5.41, 5.74) is 1.31. The number of aryl methyl sites for hydroxylation is 1. The lowest BCUT2D eigenvalue weighted by Gasteiger charge is -2.04. The molecule has 1 aromatic heterocycles. The van der Waals surface area contributed by atoms with Crippen LogP contribution < -0.4 is 5.32 Å². The molecular formula is C14H19ClN2O3. The van der Waals surface area contributed by atoms with Gasteiger partial charge in [-0.3, -0.25) is 4.98 Å². The number of aliphatic hydroxyl groups is 2. The Labute approximate surface area is 122 Å². The van der Waals surface area contributed by atoms with Gasteiger partial charge in [0, 0.05) is 24.7 Å². The average molecular weight is 299 g/mol. The maximum atomic E-state index is 9.66. The van der Waals surface area contributed by atoms with Crippen LogP contribution in [0.3, 0.4) is 0 Å². The Bertz CT molecular complexity index is 545. The van der Waals surface area contributed by atoms with Crippen LogP contribution in [0.5, 0.6) is 5.75 Å². The maximum Gasteiger partial charge on any atom is 0.144 e. The molecule has 0 aliphatic carbocycles. The van der Waals surface area contributed by atoms with Gasteiger partial charge in [-0.2, -0.15) is 0 Å². The number of nitrogens with zero attached hydrogens (tertiary/aromatic N) is 1. The second-order valence-corrected chi connectivity index (χ2v) is 4.53. The highest BCUT2D eigenvalue weighted by molar-refractivity contribution is 6.35. The fraction of sp³-hybridized carbons (Fsp3) is 0.357. The molecule has 0 aliphatic heterocycles. The minimum Gasteiger partial charge on any atom is -0.505 e. The molecule has 0 amide bonds. The minimum atomic E-state index is 0.139. The lowest BCUT2D eigenvalue weighted by Crippen LogP contribution is -2.21. The van der Waals surface area contributed by atoms with Gasteiger partial charge in [0.15, 0.2) is 0 Å². The predicted molar refractivity (Wildman–Crippen MR) is 80.2 cm³/mol. The number of aromatic hydroxyl groups is 1. The van der Waals surface area contributed by atoms with Crippen LogP contribution in [0, 0.1) is 6.92 Å². The van der Waals surface area contributed by atoms with Crippen LogP contribution in [0.25, 0.3) is 10.9 Å². The van der Waals surface area contributed by atoms with Crippen LogP contribution in [-0.4, -0.2) is 46.6 Å². The molecule has 0 spiro atoms. The third-order valence-electron chi connectivity index (χ3n) is 2.58. The van der Waals surface area contributed by atoms with E-state index in [-0.39, 0.29) is 19.0 Å². The number of nitrogens with one attached hydrogen (secondary N) is 1. The Hall–Kier alpha value is -1.40. The van der Waals surface area contributed by atoms with Crippen molar-refractivity contribution in [2.75, 3.05) is 26.3 Å². The number of benzene rings is 1. The predicted octanol–water partition coefficient (Wildman–Crippen LogP) is 1.46. The summed E-state index contributed by atoms with van der Waals surface area (Å²) in [6.45, 7) is 3.22. The Morgan fingerprint density at radius 2 is 1.90 bits per heavy atom. The molecule has 0 bridgehead atoms. The maximum absolute atomic E-state index is 9.66. The van der Waals surface area contributed by atoms with E-state index in [1.165, 1.54) is 0 Å². The van der Waals surface area contributed by atoms with Gasteiger partial charge in [-0.1, -0.05) is 11.6 Å². The van der Waals surface area contributed by atoms with E-state index in [1.807, 2.05) is 6.07 Å². The second kappa shape index (κ2) is 8.71. The Morgan fingerprint density at radius 1 is 1.25 bits per heavy atom. The number of pyridine rings is 1. The molecule has 4 N–H and O–H groups in total. The van der Waals surface area contributed by atoms with Gasteiger partial charge < -0.3 is 20.6 Å². The van der Waals surface area contributed by atoms with Gasteiger partial charge >= 0.3 is 0 Å². The molecule has 6 heteroatoms. The lowest BCUT2D eigenvalue weighted by molar-refractivity contribution is 0.266. The number of hydrogen-bond donors (Lipinski definition) is 4. The lowest BCUT2D eigenvalue weighted by atomic mass is 10.1. The SMILES string of the molecule is Cc1cc(Cl)c2cccnc2c1O.OCCNCCO. The zero-order valence-corrected chi connectivity index (χ0v) is 12.1. The number of aromatic nitrogens is 1. The first-order valence-corrected chi connectivity index (χ1v) is 6.64. The summed E-state index contributed by atoms with van der Waals surface area (Å²) in [4.78, 5) is 4.07. The Morgan fingerprint density at radius 3 is 2.50 bits per heavy atom. The third-order valence-corrected chi connectivity index (χ3v) is 2.90. The summed E-state index contributed by atoms with van der Waals surface area (Å²) < 4.78 is 0. The highest BCUT2D eigenvalue weighted by Crippen LogP contribution is 2.31. The topological polar surface area (TPSA) is 85.6 Å². The highest BCUT2D eigenvalue weighted by atomic mass is 35.5. The van der Waals surface area contributed by atoms with Crippen molar-refractivity contribution in [2.45, 2.75) is 6.92 Å². The van der Waals surface area contributed by atoms with Crippen molar-refractivity contribution in [2.24, 2.45) is 0 Å². The van der Waals surface area contributed by atoms with Gasteiger partial charge in [0.25, 0.3) is 0 Å². The van der Waals surface area contributed by atoms with Gasteiger partial charge in [0.2, 0.25) is 0 Å². The van der Waals surface area contributed by atoms with E-state index in [9.17, 15) is 5.11 Å². The third kappa shape index (κ3) is 4.61. The molecule has 2 rings (SSSR count). The molecule has 0 radical (unpaired) electrons. The largest absolute Gasteiger partial charge is 0.505 e. The number of hydrogen-bond acceptors (Lipinski definition) is 5. The van der Waals surface area contributed by atoms with Crippen molar-refractivity contribution in [3.05, 3.63) is 35.0 Å². The molecule has 1 aromatic carbocycles. The standard InChI is InChI=1S/C10H8ClNO.C4H11NO2/c1-6-5-8(11)7-3-2-4-12-9(7)10(6)13;6-3-1-5-2-4-7/h2-5,13H,1H3;5-7H,1-4H2. The van der Waals surface area contributed by atoms with E-state index in [0.717, 1.165) is 10.9 Å². The number of fused-ring (bicyclic) bond motifs is 1. The molecular weight excluding hydrogens is 280 g/mol. The average Bonchev–Trinajstić information content (AvgIpc) is 2.46. The van der Waals surface area contributed by atoms with Gasteiger partial charge in [0.1, 0.15) is 11.3 Å². The van der Waals surface area contributed by atoms with Crippen LogP contribution in [0.1, 0.15) is 5.56 Å². The number of rotatable bonds is 4. The summed E-state index contributed by atoms with van der Waals surface area (Å²) in [7, 11) is 0. The smallest absolute Gasteiger partial charge is 0.144 e. The Balaban J connectivity index is 0.000000246. The number of phenolic OH excluding ortho intramolecular Hbond substituents is 1. The monoisotopic (exact) mass is 298 g/mol. The number of phenols is 1. The van der Waals surface area contributed by atoms with Crippen molar-refractivity contribution < 1.29 is 15.3 Å². The van der Waals surface area contributed by atoms with Gasteiger partial charge in [-0.25, -0.2) is 0 Å². The van der Waals surface area contributed by atoms with Gasteiger partial charge in [0.05, 0.1) is 18.2 Å². The van der Waals surface area contributed by atoms with E-state index in [1.54, 1.807) is 25.3 Å². The highest BCUT2D eigenvalue weighted by Gasteiger charge is 2.07. The number of halogens is 1. The molecule has 110 valence electrons. The molecule has 0 saturated carbocycles. The first-order valence-electron chi connectivity index (χ1n) is 6.27. The summed E-state index contributed by atoms with van der Waals surface area (Å²) in [6, 6.07) is 5.37. The van der Waals surface area contributed by atoms with Gasteiger partial charge in [-0.05, 0) is 30.7 Å². The van der Waals surface area contributed by atoms with E-state index in [4.69, 9.17) is 21.8 Å². The van der Waals surface area contributed by atoms with Crippen LogP contribution in [-0.2, 0) is 0 Å². The fourth-order valence-electron chi connectivity index (χ4n) is 1.59. The van der Waals surface area contributed by atoms with E-state index in [0.29, 0.717) is 23.6 Å². The zero-order valence-electron chi connectivity index (χ0n) is 11.3. The summed E-state index contributed by atoms with van der Waals surface area (Å²) in [5, 5.41) is 30.2. The second-order valence-electron chi connectivity index (χ2n) is 4.12. The van der Waals surface area contributed by atoms with Crippen LogP contribution in [0.2, 0.25) is 5.02 Å². The summed E-state index contributed by atoms with van der Waals surface area (Å²) in [5.74, 6) is 0.208. The van der Waals surface area contributed by atoms with E-state index >= 15 is 0 Å². The van der Waals surface area contributed by atoms with E-state index < -0.39 is 0 Å². The van der Waals surface area contributed by atoms with E-state index in [2.05, 4.69) is 10.3 Å². The van der Waals surface area contributed by atoms with Crippen LogP contribution in [0.4, 0.5) is 0 Å². The normalized spacial score (nSPS) is 10.2. The van der Waals surface area contributed by atoms with Crippen molar-refractivity contribution in [1.82, 2.24) is 10.3 Å². The first-order chi connectivity index (χ1) is 9.61. The molecule has 0 unspecified atom stereocenters. The Kier molecular flexibility index (Phi) is 7.25. The summed E-state index contributed by atoms with van der Waals surface area (Å²) in [6.07, 6.45) is 1.64. The van der Waals surface area contributed by atoms with Crippen LogP contribution >= 0.6 is 11.6 Å². The molecule has 0 atom stereocenters. The quantitative estimate of drug-likeness (QED) is 0.642. The molecule has 0 saturated heterocycles. The minimum absolute atomic E-state index is 0.139.